The Hall–Kier alpha value is -3.27. The predicted molar refractivity (Wildman–Crippen MR) is 97.6 cm³/mol. The Labute approximate surface area is 141 Å². The summed E-state index contributed by atoms with van der Waals surface area (Å²) in [6, 6.07) is 16.4. The number of hydrogen-bond acceptors (Lipinski definition) is 3. The molecule has 0 unspecified atom stereocenters. The molecule has 120 valence electrons. The fourth-order valence-electron chi connectivity index (χ4n) is 1.94. The van der Waals surface area contributed by atoms with E-state index in [2.05, 4.69) is 22.1 Å². The highest BCUT2D eigenvalue weighted by molar-refractivity contribution is 5.95. The van der Waals surface area contributed by atoms with Gasteiger partial charge in [0, 0.05) is 11.3 Å². The van der Waals surface area contributed by atoms with Crippen LogP contribution in [-0.4, -0.2) is 5.91 Å². The van der Waals surface area contributed by atoms with Gasteiger partial charge in [0.1, 0.15) is 0 Å². The first kappa shape index (κ1) is 17.1. The van der Waals surface area contributed by atoms with Crippen molar-refractivity contribution in [2.75, 3.05) is 0 Å². The lowest BCUT2D eigenvalue weighted by Crippen LogP contribution is -2.21. The highest BCUT2D eigenvalue weighted by Gasteiger charge is 2.05. The molecule has 4 nitrogen and oxygen atoms in total. The minimum Gasteiger partial charge on any atom is -0.322 e. The van der Waals surface area contributed by atoms with Crippen LogP contribution in [-0.2, 0) is 0 Å². The summed E-state index contributed by atoms with van der Waals surface area (Å²) < 4.78 is 0. The molecule has 0 spiro atoms. The average molecular weight is 317 g/mol. The van der Waals surface area contributed by atoms with E-state index in [1.165, 1.54) is 0 Å². The van der Waals surface area contributed by atoms with Crippen molar-refractivity contribution in [2.24, 2.45) is 10.2 Å². The van der Waals surface area contributed by atoms with Gasteiger partial charge >= 0.3 is 0 Å². The summed E-state index contributed by atoms with van der Waals surface area (Å²) in [6.07, 6.45) is 7.02. The lowest BCUT2D eigenvalue weighted by molar-refractivity contribution is 0.0967. The van der Waals surface area contributed by atoms with E-state index in [1.54, 1.807) is 36.4 Å². The Morgan fingerprint density at radius 2 is 1.62 bits per heavy atom. The molecule has 0 atom stereocenters. The number of carbonyl (C=O) groups is 1. The largest absolute Gasteiger partial charge is 0.322 e. The Morgan fingerprint density at radius 1 is 1.00 bits per heavy atom. The second-order valence-corrected chi connectivity index (χ2v) is 4.89. The van der Waals surface area contributed by atoms with Crippen LogP contribution in [0.1, 0.15) is 17.3 Å². The van der Waals surface area contributed by atoms with Crippen molar-refractivity contribution in [3.05, 3.63) is 96.7 Å². The summed E-state index contributed by atoms with van der Waals surface area (Å²) in [4.78, 5) is 12.2. The number of nitrogens with zero attached hydrogens (tertiary/aromatic N) is 2. The van der Waals surface area contributed by atoms with Crippen molar-refractivity contribution < 1.29 is 4.79 Å². The highest BCUT2D eigenvalue weighted by Crippen LogP contribution is 2.18. The SMILES string of the molecule is C=C/C=C(\C=C/C)NC(=O)c1ccc(/N=N/c2ccccc2)cc1. The van der Waals surface area contributed by atoms with Crippen LogP contribution in [0.2, 0.25) is 0 Å². The molecule has 0 heterocycles. The van der Waals surface area contributed by atoms with Crippen LogP contribution in [0, 0.1) is 0 Å². The number of azo groups is 1. The molecular weight excluding hydrogens is 298 g/mol. The van der Waals surface area contributed by atoms with Gasteiger partial charge in [0.05, 0.1) is 11.4 Å². The molecule has 2 aromatic rings. The van der Waals surface area contributed by atoms with Gasteiger partial charge in [-0.2, -0.15) is 10.2 Å². The molecule has 0 aromatic heterocycles. The van der Waals surface area contributed by atoms with Crippen molar-refractivity contribution in [1.82, 2.24) is 5.32 Å². The van der Waals surface area contributed by atoms with Crippen molar-refractivity contribution in [3.8, 4) is 0 Å². The Morgan fingerprint density at radius 3 is 2.21 bits per heavy atom. The smallest absolute Gasteiger partial charge is 0.255 e. The van der Waals surface area contributed by atoms with E-state index >= 15 is 0 Å². The van der Waals surface area contributed by atoms with Gasteiger partial charge in [-0.05, 0) is 55.5 Å². The first-order chi connectivity index (χ1) is 11.7. The number of benzene rings is 2. The van der Waals surface area contributed by atoms with Gasteiger partial charge in [0.25, 0.3) is 5.91 Å². The lowest BCUT2D eigenvalue weighted by atomic mass is 10.2. The van der Waals surface area contributed by atoms with Crippen LogP contribution in [0.15, 0.2) is 101 Å². The minimum atomic E-state index is -0.187. The van der Waals surface area contributed by atoms with Crippen molar-refractivity contribution >= 4 is 17.3 Å². The van der Waals surface area contributed by atoms with Gasteiger partial charge in [-0.25, -0.2) is 0 Å². The lowest BCUT2D eigenvalue weighted by Gasteiger charge is -2.05. The molecule has 0 saturated heterocycles. The fourth-order valence-corrected chi connectivity index (χ4v) is 1.94. The first-order valence-electron chi connectivity index (χ1n) is 7.56. The molecule has 0 aliphatic carbocycles. The molecule has 0 bridgehead atoms. The molecule has 0 fully saturated rings. The maximum absolute atomic E-state index is 12.2. The zero-order valence-electron chi connectivity index (χ0n) is 13.5. The van der Waals surface area contributed by atoms with E-state index in [0.29, 0.717) is 16.9 Å². The summed E-state index contributed by atoms with van der Waals surface area (Å²) in [7, 11) is 0. The van der Waals surface area contributed by atoms with Crippen LogP contribution < -0.4 is 5.32 Å². The standard InChI is InChI=1S/C20H19N3O/c1-3-8-17(9-4-2)21-20(24)16-12-14-19(15-13-16)23-22-18-10-6-5-7-11-18/h3-15H,1H2,2H3,(H,21,24)/b9-4-,17-8+,23-22+. The summed E-state index contributed by atoms with van der Waals surface area (Å²) >= 11 is 0. The van der Waals surface area contributed by atoms with Crippen LogP contribution in [0.3, 0.4) is 0 Å². The zero-order chi connectivity index (χ0) is 17.2. The number of rotatable bonds is 6. The van der Waals surface area contributed by atoms with E-state index in [9.17, 15) is 4.79 Å². The predicted octanol–water partition coefficient (Wildman–Crippen LogP) is 5.48. The van der Waals surface area contributed by atoms with Crippen LogP contribution >= 0.6 is 0 Å². The third-order valence-electron chi connectivity index (χ3n) is 3.07. The van der Waals surface area contributed by atoms with E-state index < -0.39 is 0 Å². The summed E-state index contributed by atoms with van der Waals surface area (Å²) in [6.45, 7) is 5.52. The topological polar surface area (TPSA) is 53.8 Å². The van der Waals surface area contributed by atoms with Gasteiger partial charge in [-0.3, -0.25) is 4.79 Å². The molecule has 0 radical (unpaired) electrons. The molecule has 2 aromatic carbocycles. The minimum absolute atomic E-state index is 0.187. The van der Waals surface area contributed by atoms with Crippen molar-refractivity contribution in [2.45, 2.75) is 6.92 Å². The molecule has 24 heavy (non-hydrogen) atoms. The maximum Gasteiger partial charge on any atom is 0.255 e. The summed E-state index contributed by atoms with van der Waals surface area (Å²) in [5, 5.41) is 11.1. The van der Waals surface area contributed by atoms with E-state index in [4.69, 9.17) is 0 Å². The van der Waals surface area contributed by atoms with Gasteiger partial charge in [-0.15, -0.1) is 0 Å². The number of allylic oxidation sites excluding steroid dienone is 4. The summed E-state index contributed by atoms with van der Waals surface area (Å²) in [5.74, 6) is -0.187. The molecule has 0 aliphatic rings. The van der Waals surface area contributed by atoms with Crippen LogP contribution in [0.4, 0.5) is 11.4 Å². The molecule has 4 heteroatoms. The second-order valence-electron chi connectivity index (χ2n) is 4.89. The molecule has 1 amide bonds. The molecule has 0 aliphatic heterocycles. The normalized spacial score (nSPS) is 11.8. The number of carbonyl (C=O) groups excluding carboxylic acids is 1. The summed E-state index contributed by atoms with van der Waals surface area (Å²) in [5.41, 5.74) is 2.70. The van der Waals surface area contributed by atoms with Crippen LogP contribution in [0.25, 0.3) is 0 Å². The zero-order valence-corrected chi connectivity index (χ0v) is 13.5. The van der Waals surface area contributed by atoms with E-state index in [-0.39, 0.29) is 5.91 Å². The Balaban J connectivity index is 2.06. The monoisotopic (exact) mass is 317 g/mol. The molecule has 2 rings (SSSR count). The van der Waals surface area contributed by atoms with Gasteiger partial charge in [-0.1, -0.05) is 36.9 Å². The van der Waals surface area contributed by atoms with Gasteiger partial charge < -0.3 is 5.32 Å². The second kappa shape index (κ2) is 9.00. The fraction of sp³-hybridized carbons (Fsp3) is 0.0500. The van der Waals surface area contributed by atoms with Gasteiger partial charge in [0.15, 0.2) is 0 Å². The number of amides is 1. The molecule has 1 N–H and O–H groups in total. The average Bonchev–Trinajstić information content (AvgIpc) is 2.62. The quantitative estimate of drug-likeness (QED) is 0.557. The van der Waals surface area contributed by atoms with E-state index in [1.807, 2.05) is 49.4 Å². The molecule has 0 saturated carbocycles. The first-order valence-corrected chi connectivity index (χ1v) is 7.56. The van der Waals surface area contributed by atoms with E-state index in [0.717, 1.165) is 5.69 Å². The third kappa shape index (κ3) is 5.18. The Kier molecular flexibility index (Phi) is 6.41. The van der Waals surface area contributed by atoms with Crippen molar-refractivity contribution in [3.63, 3.8) is 0 Å². The molecular formula is C20H19N3O. The number of nitrogens with one attached hydrogen (secondary N) is 1. The highest BCUT2D eigenvalue weighted by atomic mass is 16.1. The van der Waals surface area contributed by atoms with Crippen LogP contribution in [0.5, 0.6) is 0 Å². The maximum atomic E-state index is 12.2. The third-order valence-corrected chi connectivity index (χ3v) is 3.07. The Bertz CT molecular complexity index is 772. The van der Waals surface area contributed by atoms with Crippen molar-refractivity contribution in [1.29, 1.82) is 0 Å². The van der Waals surface area contributed by atoms with Gasteiger partial charge in [0.2, 0.25) is 0 Å². The number of hydrogen-bond donors (Lipinski definition) is 1.